The lowest BCUT2D eigenvalue weighted by Crippen LogP contribution is -2.20. The van der Waals surface area contributed by atoms with E-state index in [9.17, 15) is 4.79 Å². The highest BCUT2D eigenvalue weighted by atomic mass is 16.5. The third kappa shape index (κ3) is 3.85. The number of imidazole rings is 1. The Morgan fingerprint density at radius 2 is 1.86 bits per heavy atom. The molecule has 0 radical (unpaired) electrons. The predicted octanol–water partition coefficient (Wildman–Crippen LogP) is 4.97. The van der Waals surface area contributed by atoms with Crippen LogP contribution in [0.5, 0.6) is 5.75 Å². The third-order valence-corrected chi connectivity index (χ3v) is 4.95. The number of amides is 1. The number of methoxy groups -OCH3 is 1. The molecular weight excluding hydrogens is 362 g/mol. The standard InChI is InChI=1S/C24H23N3O2/c1-16-11-12-17(2)21(13-16)25-23(28)15-27-22-10-5-4-9-20(22)26-24(27)18-7-6-8-19(14-18)29-3/h4-14H,15H2,1-3H3,(H,25,28). The normalized spacial score (nSPS) is 10.9. The van der Waals surface area contributed by atoms with E-state index in [4.69, 9.17) is 9.72 Å². The van der Waals surface area contributed by atoms with Gasteiger partial charge in [0.25, 0.3) is 0 Å². The van der Waals surface area contributed by atoms with Crippen molar-refractivity contribution in [2.24, 2.45) is 0 Å². The van der Waals surface area contributed by atoms with E-state index in [1.54, 1.807) is 7.11 Å². The monoisotopic (exact) mass is 385 g/mol. The molecule has 4 rings (SSSR count). The Hall–Kier alpha value is -3.60. The van der Waals surface area contributed by atoms with Gasteiger partial charge in [0.05, 0.1) is 18.1 Å². The van der Waals surface area contributed by atoms with Crippen LogP contribution in [-0.4, -0.2) is 22.6 Å². The number of para-hydroxylation sites is 2. The molecule has 0 bridgehead atoms. The molecule has 29 heavy (non-hydrogen) atoms. The summed E-state index contributed by atoms with van der Waals surface area (Å²) in [6, 6.07) is 21.6. The number of fused-ring (bicyclic) bond motifs is 1. The zero-order chi connectivity index (χ0) is 20.4. The molecule has 0 saturated carbocycles. The molecule has 1 amide bonds. The maximum Gasteiger partial charge on any atom is 0.244 e. The van der Waals surface area contributed by atoms with Crippen molar-refractivity contribution < 1.29 is 9.53 Å². The highest BCUT2D eigenvalue weighted by Crippen LogP contribution is 2.27. The molecule has 5 heteroatoms. The van der Waals surface area contributed by atoms with E-state index >= 15 is 0 Å². The van der Waals surface area contributed by atoms with Gasteiger partial charge in [-0.05, 0) is 55.3 Å². The first-order chi connectivity index (χ1) is 14.0. The van der Waals surface area contributed by atoms with Crippen LogP contribution in [0, 0.1) is 13.8 Å². The number of carbonyl (C=O) groups excluding carboxylic acids is 1. The van der Waals surface area contributed by atoms with Gasteiger partial charge in [0.1, 0.15) is 18.1 Å². The lowest BCUT2D eigenvalue weighted by molar-refractivity contribution is -0.116. The molecule has 0 aliphatic carbocycles. The molecule has 0 spiro atoms. The average molecular weight is 385 g/mol. The largest absolute Gasteiger partial charge is 0.497 e. The number of hydrogen-bond acceptors (Lipinski definition) is 3. The van der Waals surface area contributed by atoms with E-state index in [0.717, 1.165) is 45.0 Å². The van der Waals surface area contributed by atoms with Crippen molar-refractivity contribution in [1.29, 1.82) is 0 Å². The molecule has 0 fully saturated rings. The van der Waals surface area contributed by atoms with E-state index in [1.165, 1.54) is 0 Å². The Bertz CT molecular complexity index is 1190. The van der Waals surface area contributed by atoms with Crippen LogP contribution in [0.25, 0.3) is 22.4 Å². The first-order valence-corrected chi connectivity index (χ1v) is 9.52. The van der Waals surface area contributed by atoms with Crippen LogP contribution in [0.4, 0.5) is 5.69 Å². The van der Waals surface area contributed by atoms with Gasteiger partial charge < -0.3 is 14.6 Å². The van der Waals surface area contributed by atoms with E-state index < -0.39 is 0 Å². The average Bonchev–Trinajstić information content (AvgIpc) is 3.09. The Balaban J connectivity index is 1.72. The van der Waals surface area contributed by atoms with Crippen molar-refractivity contribution in [3.63, 3.8) is 0 Å². The van der Waals surface area contributed by atoms with Gasteiger partial charge in [-0.15, -0.1) is 0 Å². The van der Waals surface area contributed by atoms with Gasteiger partial charge in [0, 0.05) is 11.3 Å². The van der Waals surface area contributed by atoms with Crippen LogP contribution in [0.3, 0.4) is 0 Å². The lowest BCUT2D eigenvalue weighted by atomic mass is 10.1. The molecule has 1 heterocycles. The van der Waals surface area contributed by atoms with Gasteiger partial charge in [-0.2, -0.15) is 0 Å². The second kappa shape index (κ2) is 7.80. The summed E-state index contributed by atoms with van der Waals surface area (Å²) in [5, 5.41) is 3.04. The number of aryl methyl sites for hydroxylation is 2. The summed E-state index contributed by atoms with van der Waals surface area (Å²) in [5.41, 5.74) is 5.65. The lowest BCUT2D eigenvalue weighted by Gasteiger charge is -2.12. The van der Waals surface area contributed by atoms with Gasteiger partial charge in [0.2, 0.25) is 5.91 Å². The Morgan fingerprint density at radius 1 is 1.03 bits per heavy atom. The van der Waals surface area contributed by atoms with Crippen LogP contribution < -0.4 is 10.1 Å². The van der Waals surface area contributed by atoms with Crippen LogP contribution >= 0.6 is 0 Å². The molecule has 1 N–H and O–H groups in total. The number of rotatable bonds is 5. The zero-order valence-electron chi connectivity index (χ0n) is 16.8. The van der Waals surface area contributed by atoms with E-state index in [-0.39, 0.29) is 12.5 Å². The predicted molar refractivity (Wildman–Crippen MR) is 116 cm³/mol. The summed E-state index contributed by atoms with van der Waals surface area (Å²) >= 11 is 0. The fourth-order valence-electron chi connectivity index (χ4n) is 3.42. The molecule has 0 unspecified atom stereocenters. The topological polar surface area (TPSA) is 56.2 Å². The molecule has 0 aliphatic heterocycles. The molecule has 1 aromatic heterocycles. The van der Waals surface area contributed by atoms with Gasteiger partial charge in [-0.3, -0.25) is 4.79 Å². The minimum atomic E-state index is -0.0917. The minimum absolute atomic E-state index is 0.0917. The number of nitrogens with one attached hydrogen (secondary N) is 1. The summed E-state index contributed by atoms with van der Waals surface area (Å²) in [6.45, 7) is 4.17. The smallest absolute Gasteiger partial charge is 0.244 e. The maximum absolute atomic E-state index is 12.9. The molecule has 3 aromatic carbocycles. The number of hydrogen-bond donors (Lipinski definition) is 1. The van der Waals surface area contributed by atoms with E-state index in [0.29, 0.717) is 0 Å². The fraction of sp³-hybridized carbons (Fsp3) is 0.167. The summed E-state index contributed by atoms with van der Waals surface area (Å²) in [6.07, 6.45) is 0. The number of benzene rings is 3. The van der Waals surface area contributed by atoms with Crippen LogP contribution in [-0.2, 0) is 11.3 Å². The van der Waals surface area contributed by atoms with Gasteiger partial charge in [0.15, 0.2) is 0 Å². The van der Waals surface area contributed by atoms with E-state index in [2.05, 4.69) is 5.32 Å². The fourth-order valence-corrected chi connectivity index (χ4v) is 3.42. The Kier molecular flexibility index (Phi) is 5.04. The van der Waals surface area contributed by atoms with Gasteiger partial charge in [-0.1, -0.05) is 36.4 Å². The minimum Gasteiger partial charge on any atom is -0.497 e. The Morgan fingerprint density at radius 3 is 2.69 bits per heavy atom. The quantitative estimate of drug-likeness (QED) is 0.528. The Labute approximate surface area is 170 Å². The van der Waals surface area contributed by atoms with Crippen molar-refractivity contribution in [3.8, 4) is 17.1 Å². The first-order valence-electron chi connectivity index (χ1n) is 9.52. The molecular formula is C24H23N3O2. The summed E-state index contributed by atoms with van der Waals surface area (Å²) < 4.78 is 7.31. The number of carbonyl (C=O) groups is 1. The van der Waals surface area contributed by atoms with Crippen molar-refractivity contribution in [2.75, 3.05) is 12.4 Å². The summed E-state index contributed by atoms with van der Waals surface area (Å²) in [4.78, 5) is 17.7. The second-order valence-electron chi connectivity index (χ2n) is 7.11. The van der Waals surface area contributed by atoms with Gasteiger partial charge >= 0.3 is 0 Å². The molecule has 0 aliphatic rings. The number of anilines is 1. The molecule has 0 saturated heterocycles. The van der Waals surface area contributed by atoms with Crippen LogP contribution in [0.15, 0.2) is 66.7 Å². The third-order valence-electron chi connectivity index (χ3n) is 4.95. The maximum atomic E-state index is 12.9. The van der Waals surface area contributed by atoms with Crippen molar-refractivity contribution >= 4 is 22.6 Å². The molecule has 5 nitrogen and oxygen atoms in total. The zero-order valence-corrected chi connectivity index (χ0v) is 16.8. The van der Waals surface area contributed by atoms with Crippen LogP contribution in [0.2, 0.25) is 0 Å². The van der Waals surface area contributed by atoms with Crippen molar-refractivity contribution in [1.82, 2.24) is 9.55 Å². The highest BCUT2D eigenvalue weighted by molar-refractivity contribution is 5.93. The van der Waals surface area contributed by atoms with E-state index in [1.807, 2.05) is 85.1 Å². The first kappa shape index (κ1) is 18.7. The number of nitrogens with zero attached hydrogens (tertiary/aromatic N) is 2. The highest BCUT2D eigenvalue weighted by Gasteiger charge is 2.16. The summed E-state index contributed by atoms with van der Waals surface area (Å²) in [5.74, 6) is 1.40. The van der Waals surface area contributed by atoms with Crippen molar-refractivity contribution in [2.45, 2.75) is 20.4 Å². The summed E-state index contributed by atoms with van der Waals surface area (Å²) in [7, 11) is 1.64. The number of ether oxygens (including phenoxy) is 1. The molecule has 146 valence electrons. The SMILES string of the molecule is COc1cccc(-c2nc3ccccc3n2CC(=O)Nc2cc(C)ccc2C)c1. The molecule has 0 atom stereocenters. The van der Waals surface area contributed by atoms with Crippen LogP contribution in [0.1, 0.15) is 11.1 Å². The number of aromatic nitrogens is 2. The second-order valence-corrected chi connectivity index (χ2v) is 7.11. The molecule has 4 aromatic rings. The van der Waals surface area contributed by atoms with Crippen molar-refractivity contribution in [3.05, 3.63) is 77.9 Å². The van der Waals surface area contributed by atoms with Gasteiger partial charge in [-0.25, -0.2) is 4.98 Å².